The fourth-order valence-electron chi connectivity index (χ4n) is 1.53. The molecule has 0 radical (unpaired) electrons. The molecular formula is C12H8F4N2O2S. The number of aromatic nitrogens is 1. The summed E-state index contributed by atoms with van der Waals surface area (Å²) in [5, 5.41) is 2.03. The first-order chi connectivity index (χ1) is 9.85. The average molecular weight is 320 g/mol. The summed E-state index contributed by atoms with van der Waals surface area (Å²) in [6.45, 7) is 1.54. The lowest BCUT2D eigenvalue weighted by molar-refractivity contribution is 0.0594. The maximum absolute atomic E-state index is 13.5. The normalized spacial score (nSPS) is 10.6. The summed E-state index contributed by atoms with van der Waals surface area (Å²) >= 11 is 0.881. The van der Waals surface area contributed by atoms with Gasteiger partial charge in [0.1, 0.15) is 5.69 Å². The molecule has 0 amide bonds. The molecule has 1 heterocycles. The second kappa shape index (κ2) is 5.68. The summed E-state index contributed by atoms with van der Waals surface area (Å²) in [4.78, 5) is 15.6. The van der Waals surface area contributed by atoms with E-state index in [9.17, 15) is 22.4 Å². The second-order valence-corrected chi connectivity index (χ2v) is 5.09. The van der Waals surface area contributed by atoms with Crippen molar-refractivity contribution in [2.45, 2.75) is 6.92 Å². The predicted octanol–water partition coefficient (Wildman–Crippen LogP) is 3.54. The van der Waals surface area contributed by atoms with Crippen LogP contribution >= 0.6 is 11.3 Å². The SMILES string of the molecule is COC(=O)c1nc(Nc2c(F)c(F)cc(F)c2F)sc1C. The van der Waals surface area contributed by atoms with Crippen molar-refractivity contribution < 1.29 is 27.1 Å². The molecule has 0 saturated heterocycles. The number of hydrogen-bond donors (Lipinski definition) is 1. The third-order valence-corrected chi connectivity index (χ3v) is 3.41. The monoisotopic (exact) mass is 320 g/mol. The molecule has 4 nitrogen and oxygen atoms in total. The Morgan fingerprint density at radius 3 is 2.33 bits per heavy atom. The molecule has 0 aliphatic heterocycles. The standard InChI is InChI=1S/C12H8F4N2O2S/c1-4-9(11(19)20-2)17-12(21-4)18-10-7(15)5(13)3-6(14)8(10)16/h3H,1-2H3,(H,17,18). The molecule has 1 aromatic heterocycles. The van der Waals surface area contributed by atoms with Crippen LogP contribution in [0.3, 0.4) is 0 Å². The molecule has 2 rings (SSSR count). The fourth-order valence-corrected chi connectivity index (χ4v) is 2.33. The van der Waals surface area contributed by atoms with Gasteiger partial charge in [-0.1, -0.05) is 0 Å². The lowest BCUT2D eigenvalue weighted by Crippen LogP contribution is -2.05. The van der Waals surface area contributed by atoms with Crippen LogP contribution in [0.1, 0.15) is 15.4 Å². The van der Waals surface area contributed by atoms with E-state index in [1.165, 1.54) is 6.92 Å². The molecule has 0 aliphatic rings. The van der Waals surface area contributed by atoms with Crippen LogP contribution in [0.4, 0.5) is 28.4 Å². The number of nitrogens with zero attached hydrogens (tertiary/aromatic N) is 1. The van der Waals surface area contributed by atoms with Crippen molar-refractivity contribution in [3.05, 3.63) is 39.9 Å². The Bertz CT molecular complexity index is 692. The Balaban J connectivity index is 2.42. The van der Waals surface area contributed by atoms with Gasteiger partial charge in [-0.2, -0.15) is 0 Å². The van der Waals surface area contributed by atoms with Crippen molar-refractivity contribution in [1.82, 2.24) is 4.98 Å². The summed E-state index contributed by atoms with van der Waals surface area (Å²) in [5.74, 6) is -6.98. The lowest BCUT2D eigenvalue weighted by atomic mass is 10.2. The molecule has 0 fully saturated rings. The Hall–Kier alpha value is -2.16. The van der Waals surface area contributed by atoms with Crippen LogP contribution in [-0.4, -0.2) is 18.1 Å². The molecule has 1 aromatic carbocycles. The van der Waals surface area contributed by atoms with E-state index < -0.39 is 34.9 Å². The van der Waals surface area contributed by atoms with E-state index in [1.54, 1.807) is 0 Å². The number of benzene rings is 1. The van der Waals surface area contributed by atoms with Crippen LogP contribution in [0.5, 0.6) is 0 Å². The highest BCUT2D eigenvalue weighted by Crippen LogP contribution is 2.30. The molecule has 0 aliphatic carbocycles. The van der Waals surface area contributed by atoms with Crippen molar-refractivity contribution in [2.24, 2.45) is 0 Å². The minimum atomic E-state index is -1.58. The summed E-state index contributed by atoms with van der Waals surface area (Å²) in [5.41, 5.74) is -1.07. The number of thiazole rings is 1. The van der Waals surface area contributed by atoms with E-state index in [0.717, 1.165) is 18.4 Å². The molecule has 112 valence electrons. The Morgan fingerprint density at radius 2 is 1.81 bits per heavy atom. The quantitative estimate of drug-likeness (QED) is 0.534. The predicted molar refractivity (Wildman–Crippen MR) is 67.7 cm³/mol. The Morgan fingerprint density at radius 1 is 1.24 bits per heavy atom. The molecule has 0 atom stereocenters. The van der Waals surface area contributed by atoms with Crippen molar-refractivity contribution in [3.63, 3.8) is 0 Å². The highest BCUT2D eigenvalue weighted by atomic mass is 32.1. The first-order valence-corrected chi connectivity index (χ1v) is 6.32. The molecule has 0 bridgehead atoms. The second-order valence-electron chi connectivity index (χ2n) is 3.88. The number of rotatable bonds is 3. The fraction of sp³-hybridized carbons (Fsp3) is 0.167. The smallest absolute Gasteiger partial charge is 0.357 e. The zero-order chi connectivity index (χ0) is 15.7. The van der Waals surface area contributed by atoms with E-state index >= 15 is 0 Å². The largest absolute Gasteiger partial charge is 0.464 e. The summed E-state index contributed by atoms with van der Waals surface area (Å²) in [6, 6.07) is 0.100. The third kappa shape index (κ3) is 2.82. The first kappa shape index (κ1) is 15.2. The van der Waals surface area contributed by atoms with Crippen molar-refractivity contribution in [2.75, 3.05) is 12.4 Å². The number of esters is 1. The number of aryl methyl sites for hydroxylation is 1. The lowest BCUT2D eigenvalue weighted by Gasteiger charge is -2.07. The van der Waals surface area contributed by atoms with Gasteiger partial charge in [-0.25, -0.2) is 27.3 Å². The molecule has 0 spiro atoms. The van der Waals surface area contributed by atoms with Gasteiger partial charge in [0.25, 0.3) is 0 Å². The van der Waals surface area contributed by atoms with E-state index in [0.29, 0.717) is 4.88 Å². The number of carbonyl (C=O) groups excluding carboxylic acids is 1. The van der Waals surface area contributed by atoms with E-state index in [1.807, 2.05) is 0 Å². The van der Waals surface area contributed by atoms with Crippen LogP contribution in [0.15, 0.2) is 6.07 Å². The molecule has 2 aromatic rings. The van der Waals surface area contributed by atoms with Gasteiger partial charge < -0.3 is 10.1 Å². The maximum atomic E-state index is 13.5. The van der Waals surface area contributed by atoms with E-state index in [4.69, 9.17) is 0 Å². The number of halogens is 4. The van der Waals surface area contributed by atoms with Gasteiger partial charge in [0, 0.05) is 10.9 Å². The van der Waals surface area contributed by atoms with Crippen LogP contribution in [-0.2, 0) is 4.74 Å². The van der Waals surface area contributed by atoms with Gasteiger partial charge in [0.05, 0.1) is 7.11 Å². The van der Waals surface area contributed by atoms with Crippen molar-refractivity contribution in [1.29, 1.82) is 0 Å². The first-order valence-electron chi connectivity index (χ1n) is 5.51. The highest BCUT2D eigenvalue weighted by molar-refractivity contribution is 7.15. The van der Waals surface area contributed by atoms with Crippen molar-refractivity contribution in [3.8, 4) is 0 Å². The van der Waals surface area contributed by atoms with Gasteiger partial charge in [0.2, 0.25) is 0 Å². The Labute approximate surface area is 120 Å². The zero-order valence-corrected chi connectivity index (χ0v) is 11.6. The van der Waals surface area contributed by atoms with Crippen LogP contribution < -0.4 is 5.32 Å². The molecule has 21 heavy (non-hydrogen) atoms. The van der Waals surface area contributed by atoms with Crippen molar-refractivity contribution >= 4 is 28.1 Å². The third-order valence-electron chi connectivity index (χ3n) is 2.52. The van der Waals surface area contributed by atoms with Gasteiger partial charge in [-0.05, 0) is 6.92 Å². The zero-order valence-electron chi connectivity index (χ0n) is 10.8. The molecule has 0 unspecified atom stereocenters. The van der Waals surface area contributed by atoms with Crippen LogP contribution in [0.25, 0.3) is 0 Å². The number of anilines is 2. The minimum absolute atomic E-state index is 0.0531. The van der Waals surface area contributed by atoms with Gasteiger partial charge in [-0.15, -0.1) is 11.3 Å². The highest BCUT2D eigenvalue weighted by Gasteiger charge is 2.22. The minimum Gasteiger partial charge on any atom is -0.464 e. The summed E-state index contributed by atoms with van der Waals surface area (Å²) in [6.07, 6.45) is 0. The molecule has 0 saturated carbocycles. The molecule has 9 heteroatoms. The number of nitrogens with one attached hydrogen (secondary N) is 1. The van der Waals surface area contributed by atoms with Gasteiger partial charge in [0.15, 0.2) is 34.1 Å². The maximum Gasteiger partial charge on any atom is 0.357 e. The summed E-state index contributed by atoms with van der Waals surface area (Å²) < 4.78 is 57.6. The molecule has 1 N–H and O–H groups in total. The Kier molecular flexibility index (Phi) is 4.12. The average Bonchev–Trinajstić information content (AvgIpc) is 2.81. The van der Waals surface area contributed by atoms with E-state index in [-0.39, 0.29) is 16.9 Å². The summed E-state index contributed by atoms with van der Waals surface area (Å²) in [7, 11) is 1.15. The molecular weight excluding hydrogens is 312 g/mol. The number of methoxy groups -OCH3 is 1. The number of carbonyl (C=O) groups is 1. The van der Waals surface area contributed by atoms with Crippen LogP contribution in [0, 0.1) is 30.2 Å². The topological polar surface area (TPSA) is 51.2 Å². The van der Waals surface area contributed by atoms with Gasteiger partial charge in [-0.3, -0.25) is 0 Å². The van der Waals surface area contributed by atoms with Crippen LogP contribution in [0.2, 0.25) is 0 Å². The van der Waals surface area contributed by atoms with Gasteiger partial charge >= 0.3 is 5.97 Å². The number of ether oxygens (including phenoxy) is 1. The number of hydrogen-bond acceptors (Lipinski definition) is 5. The van der Waals surface area contributed by atoms with E-state index in [2.05, 4.69) is 15.0 Å².